The van der Waals surface area contributed by atoms with Crippen molar-refractivity contribution in [2.45, 2.75) is 56.7 Å². The third kappa shape index (κ3) is 5.42. The van der Waals surface area contributed by atoms with Crippen molar-refractivity contribution in [1.82, 2.24) is 0 Å². The van der Waals surface area contributed by atoms with Crippen molar-refractivity contribution in [3.63, 3.8) is 0 Å². The maximum atomic E-state index is 11.4. The molecule has 0 aromatic heterocycles. The van der Waals surface area contributed by atoms with Crippen LogP contribution < -0.4 is 0 Å². The molecule has 4 N–H and O–H groups in total. The molecule has 0 saturated carbocycles. The average Bonchev–Trinajstić information content (AvgIpc) is 2.41. The van der Waals surface area contributed by atoms with Crippen molar-refractivity contribution in [3.05, 3.63) is 24.3 Å². The number of aliphatic hydroxyl groups excluding tert-OH is 4. The van der Waals surface area contributed by atoms with E-state index in [4.69, 9.17) is 4.74 Å². The minimum atomic E-state index is -1.60. The first-order valence-electron chi connectivity index (χ1n) is 6.69. The molecule has 1 rings (SSSR count). The number of ether oxygens (including phenoxy) is 1. The van der Waals surface area contributed by atoms with E-state index in [2.05, 4.69) is 0 Å². The van der Waals surface area contributed by atoms with E-state index < -0.39 is 30.4 Å². The first-order valence-corrected chi connectivity index (χ1v) is 6.69. The van der Waals surface area contributed by atoms with Gasteiger partial charge in [0.25, 0.3) is 0 Å². The largest absolute Gasteiger partial charge is 0.460 e. The van der Waals surface area contributed by atoms with Crippen LogP contribution in [0, 0.1) is 0 Å². The number of rotatable bonds is 0. The van der Waals surface area contributed by atoms with Crippen molar-refractivity contribution in [1.29, 1.82) is 0 Å². The summed E-state index contributed by atoms with van der Waals surface area (Å²) in [4.78, 5) is 11.4. The molecule has 6 heteroatoms. The molecule has 0 aliphatic carbocycles. The van der Waals surface area contributed by atoms with Gasteiger partial charge in [0.2, 0.25) is 0 Å². The van der Waals surface area contributed by atoms with Gasteiger partial charge in [0.1, 0.15) is 24.4 Å². The highest BCUT2D eigenvalue weighted by atomic mass is 16.5. The van der Waals surface area contributed by atoms with E-state index in [0.717, 1.165) is 18.6 Å². The molecule has 0 spiro atoms. The summed E-state index contributed by atoms with van der Waals surface area (Å²) < 4.78 is 5.07. The van der Waals surface area contributed by atoms with Gasteiger partial charge in [0, 0.05) is 6.08 Å². The van der Waals surface area contributed by atoms with Gasteiger partial charge in [-0.05, 0) is 32.3 Å². The summed E-state index contributed by atoms with van der Waals surface area (Å²) in [5, 5.41) is 38.6. The van der Waals surface area contributed by atoms with E-state index in [1.165, 1.54) is 6.08 Å². The first-order chi connectivity index (χ1) is 9.41. The number of hydrogen-bond donors (Lipinski definition) is 4. The summed E-state index contributed by atoms with van der Waals surface area (Å²) in [6.07, 6.45) is 1.06. The molecule has 0 amide bonds. The summed E-state index contributed by atoms with van der Waals surface area (Å²) in [7, 11) is 0. The standard InChI is InChI=1S/C14H22O6/c1-9-5-3-2-4-6-10(15)13(18)14(19)11(16)7-8-12(17)20-9/h4,6-11,13-16,18-19H,2-3,5H2,1H3/b6-4-,8-7-/t9-,10-,11+,13+,14+/m0/s1. The molecule has 0 aromatic carbocycles. The second kappa shape index (κ2) is 8.16. The normalized spacial score (nSPS) is 40.5. The molecule has 0 unspecified atom stereocenters. The second-order valence-electron chi connectivity index (χ2n) is 4.93. The van der Waals surface area contributed by atoms with E-state index in [1.807, 2.05) is 0 Å². The van der Waals surface area contributed by atoms with Gasteiger partial charge in [-0.3, -0.25) is 0 Å². The van der Waals surface area contributed by atoms with Gasteiger partial charge in [0.05, 0.1) is 6.10 Å². The zero-order valence-electron chi connectivity index (χ0n) is 11.4. The molecule has 0 bridgehead atoms. The van der Waals surface area contributed by atoms with Gasteiger partial charge in [-0.1, -0.05) is 12.2 Å². The Balaban J connectivity index is 2.80. The Labute approximate surface area is 118 Å². The molecule has 5 atom stereocenters. The van der Waals surface area contributed by atoms with Gasteiger partial charge in [0.15, 0.2) is 0 Å². The molecule has 114 valence electrons. The number of hydrogen-bond acceptors (Lipinski definition) is 6. The minimum absolute atomic E-state index is 0.249. The predicted molar refractivity (Wildman–Crippen MR) is 71.7 cm³/mol. The van der Waals surface area contributed by atoms with E-state index >= 15 is 0 Å². The van der Waals surface area contributed by atoms with Gasteiger partial charge >= 0.3 is 5.97 Å². The SMILES string of the molecule is C[C@H]1CCC/C=C\[C@H](O)[C@@H](O)[C@H](O)[C@H](O)/C=C\C(=O)O1. The molecule has 1 heterocycles. The Kier molecular flexibility index (Phi) is 6.87. The number of aliphatic hydroxyl groups is 4. The van der Waals surface area contributed by atoms with Gasteiger partial charge in [-0.15, -0.1) is 0 Å². The number of esters is 1. The molecule has 0 aromatic rings. The number of allylic oxidation sites excluding steroid dienone is 1. The van der Waals surface area contributed by atoms with Crippen LogP contribution in [-0.2, 0) is 9.53 Å². The molecule has 0 fully saturated rings. The fourth-order valence-corrected chi connectivity index (χ4v) is 1.86. The zero-order valence-corrected chi connectivity index (χ0v) is 11.4. The lowest BCUT2D eigenvalue weighted by molar-refractivity contribution is -0.142. The molecule has 0 radical (unpaired) electrons. The van der Waals surface area contributed by atoms with Gasteiger partial charge < -0.3 is 25.2 Å². The molecule has 1 aliphatic rings. The highest BCUT2D eigenvalue weighted by Gasteiger charge is 2.27. The van der Waals surface area contributed by atoms with Crippen LogP contribution in [0.5, 0.6) is 0 Å². The molecule has 0 saturated heterocycles. The van der Waals surface area contributed by atoms with Crippen molar-refractivity contribution in [2.75, 3.05) is 0 Å². The van der Waals surface area contributed by atoms with E-state index in [0.29, 0.717) is 12.8 Å². The summed E-state index contributed by atoms with van der Waals surface area (Å²) in [6.45, 7) is 1.77. The Morgan fingerprint density at radius 2 is 1.70 bits per heavy atom. The maximum Gasteiger partial charge on any atom is 0.330 e. The summed E-state index contributed by atoms with van der Waals surface area (Å²) in [5.41, 5.74) is 0. The van der Waals surface area contributed by atoms with E-state index in [1.54, 1.807) is 13.0 Å². The molecule has 20 heavy (non-hydrogen) atoms. The molecule has 6 nitrogen and oxygen atoms in total. The van der Waals surface area contributed by atoms with E-state index in [9.17, 15) is 25.2 Å². The lowest BCUT2D eigenvalue weighted by Crippen LogP contribution is -2.43. The molecular weight excluding hydrogens is 264 g/mol. The Morgan fingerprint density at radius 3 is 2.35 bits per heavy atom. The van der Waals surface area contributed by atoms with Crippen molar-refractivity contribution >= 4 is 5.97 Å². The number of carbonyl (C=O) groups excluding carboxylic acids is 1. The monoisotopic (exact) mass is 286 g/mol. The van der Waals surface area contributed by atoms with Crippen molar-refractivity contribution < 1.29 is 30.0 Å². The van der Waals surface area contributed by atoms with Crippen LogP contribution in [-0.4, -0.2) is 56.9 Å². The fourth-order valence-electron chi connectivity index (χ4n) is 1.86. The molecular formula is C14H22O6. The maximum absolute atomic E-state index is 11.4. The highest BCUT2D eigenvalue weighted by molar-refractivity contribution is 5.82. The fraction of sp³-hybridized carbons (Fsp3) is 0.643. The van der Waals surface area contributed by atoms with Gasteiger partial charge in [-0.2, -0.15) is 0 Å². The molecule has 1 aliphatic heterocycles. The van der Waals surface area contributed by atoms with E-state index in [-0.39, 0.29) is 6.10 Å². The summed E-state index contributed by atoms with van der Waals surface area (Å²) in [5.74, 6) is -0.619. The quantitative estimate of drug-likeness (QED) is 0.358. The lowest BCUT2D eigenvalue weighted by Gasteiger charge is -2.23. The average molecular weight is 286 g/mol. The van der Waals surface area contributed by atoms with Crippen LogP contribution in [0.25, 0.3) is 0 Å². The zero-order chi connectivity index (χ0) is 15.1. The first kappa shape index (κ1) is 16.8. The van der Waals surface area contributed by atoms with Crippen molar-refractivity contribution in [2.24, 2.45) is 0 Å². The predicted octanol–water partition coefficient (Wildman–Crippen LogP) is -0.342. The van der Waals surface area contributed by atoms with Crippen LogP contribution in [0.15, 0.2) is 24.3 Å². The van der Waals surface area contributed by atoms with Crippen LogP contribution >= 0.6 is 0 Å². The number of cyclic esters (lactones) is 1. The minimum Gasteiger partial charge on any atom is -0.460 e. The Morgan fingerprint density at radius 1 is 1.10 bits per heavy atom. The van der Waals surface area contributed by atoms with Gasteiger partial charge in [-0.25, -0.2) is 4.79 Å². The van der Waals surface area contributed by atoms with Crippen LogP contribution in [0.2, 0.25) is 0 Å². The third-order valence-electron chi connectivity index (χ3n) is 3.11. The summed E-state index contributed by atoms with van der Waals surface area (Å²) >= 11 is 0. The number of carbonyl (C=O) groups is 1. The smallest absolute Gasteiger partial charge is 0.330 e. The van der Waals surface area contributed by atoms with Crippen LogP contribution in [0.4, 0.5) is 0 Å². The Hall–Kier alpha value is -1.21. The second-order valence-corrected chi connectivity index (χ2v) is 4.93. The lowest BCUT2D eigenvalue weighted by atomic mass is 10.0. The third-order valence-corrected chi connectivity index (χ3v) is 3.11. The Bertz CT molecular complexity index is 365. The van der Waals surface area contributed by atoms with Crippen LogP contribution in [0.3, 0.4) is 0 Å². The van der Waals surface area contributed by atoms with Crippen LogP contribution in [0.1, 0.15) is 26.2 Å². The highest BCUT2D eigenvalue weighted by Crippen LogP contribution is 2.11. The summed E-state index contributed by atoms with van der Waals surface area (Å²) in [6, 6.07) is 0. The topological polar surface area (TPSA) is 107 Å². The van der Waals surface area contributed by atoms with Crippen molar-refractivity contribution in [3.8, 4) is 0 Å².